The van der Waals surface area contributed by atoms with E-state index in [1.54, 1.807) is 22.6 Å². The zero-order valence-electron chi connectivity index (χ0n) is 18.9. The molecule has 0 saturated heterocycles. The summed E-state index contributed by atoms with van der Waals surface area (Å²) in [7, 11) is 1.75. The van der Waals surface area contributed by atoms with Gasteiger partial charge >= 0.3 is 0 Å². The van der Waals surface area contributed by atoms with Crippen molar-refractivity contribution in [1.29, 1.82) is 0 Å². The lowest BCUT2D eigenvalue weighted by Gasteiger charge is -2.27. The van der Waals surface area contributed by atoms with Gasteiger partial charge in [0.1, 0.15) is 5.82 Å². The number of benzene rings is 3. The summed E-state index contributed by atoms with van der Waals surface area (Å²) in [6.45, 7) is 5.98. The summed E-state index contributed by atoms with van der Waals surface area (Å²) in [6, 6.07) is 22.3. The number of fused-ring (bicyclic) bond motifs is 1. The number of nitrogens with zero attached hydrogens (tertiary/aromatic N) is 3. The number of hydrogen-bond donors (Lipinski definition) is 0. The molecule has 4 rings (SSSR count). The number of amides is 1. The molecule has 5 heteroatoms. The van der Waals surface area contributed by atoms with Crippen LogP contribution in [0.4, 0.5) is 0 Å². The molecule has 4 aromatic rings. The Hall–Kier alpha value is -3.73. The number of aryl methyl sites for hydroxylation is 2. The van der Waals surface area contributed by atoms with E-state index >= 15 is 0 Å². The third kappa shape index (κ3) is 3.94. The van der Waals surface area contributed by atoms with Crippen molar-refractivity contribution >= 4 is 16.8 Å². The van der Waals surface area contributed by atoms with Gasteiger partial charge in [0, 0.05) is 12.6 Å². The van der Waals surface area contributed by atoms with Gasteiger partial charge in [0.15, 0.2) is 0 Å². The van der Waals surface area contributed by atoms with Crippen LogP contribution in [0.1, 0.15) is 47.2 Å². The Bertz CT molecular complexity index is 1340. The molecule has 1 amide bonds. The smallest absolute Gasteiger partial charge is 0.266 e. The van der Waals surface area contributed by atoms with Crippen molar-refractivity contribution in [3.63, 3.8) is 0 Å². The van der Waals surface area contributed by atoms with Gasteiger partial charge in [-0.2, -0.15) is 0 Å². The van der Waals surface area contributed by atoms with Gasteiger partial charge in [0.05, 0.1) is 22.6 Å². The summed E-state index contributed by atoms with van der Waals surface area (Å²) in [5.74, 6) is 0.415. The standard InChI is InChI=1S/C27H27N3O2/c1-5-20-13-15-21(16-14-20)26(31)29(4)19(3)25-28-24-12-7-6-11-23(24)27(32)30(25)22-10-8-9-18(2)17-22/h6-17,19H,5H2,1-4H3/t19-/m1/s1. The van der Waals surface area contributed by atoms with E-state index in [0.717, 1.165) is 17.7 Å². The van der Waals surface area contributed by atoms with Crippen molar-refractivity contribution < 1.29 is 4.79 Å². The molecular formula is C27H27N3O2. The van der Waals surface area contributed by atoms with Crippen molar-refractivity contribution in [2.24, 2.45) is 0 Å². The third-order valence-electron chi connectivity index (χ3n) is 5.95. The van der Waals surface area contributed by atoms with Gasteiger partial charge in [-0.3, -0.25) is 14.2 Å². The first-order valence-corrected chi connectivity index (χ1v) is 10.9. The van der Waals surface area contributed by atoms with Crippen molar-refractivity contribution in [1.82, 2.24) is 14.5 Å². The minimum atomic E-state index is -0.425. The number of para-hydroxylation sites is 1. The zero-order valence-corrected chi connectivity index (χ0v) is 18.9. The summed E-state index contributed by atoms with van der Waals surface area (Å²) in [5.41, 5.74) is 4.06. The molecule has 1 atom stereocenters. The lowest BCUT2D eigenvalue weighted by atomic mass is 10.1. The lowest BCUT2D eigenvalue weighted by Crippen LogP contribution is -2.34. The molecule has 3 aromatic carbocycles. The van der Waals surface area contributed by atoms with Crippen LogP contribution in [0.5, 0.6) is 0 Å². The Morgan fingerprint density at radius 1 is 1.03 bits per heavy atom. The van der Waals surface area contributed by atoms with E-state index < -0.39 is 6.04 Å². The van der Waals surface area contributed by atoms with Crippen LogP contribution in [0.3, 0.4) is 0 Å². The minimum Gasteiger partial charge on any atom is -0.332 e. The molecule has 0 N–H and O–H groups in total. The predicted octanol–water partition coefficient (Wildman–Crippen LogP) is 5.09. The Labute approximate surface area is 188 Å². The molecule has 0 aliphatic rings. The van der Waals surface area contributed by atoms with E-state index in [1.165, 1.54) is 5.56 Å². The van der Waals surface area contributed by atoms with Crippen molar-refractivity contribution in [2.75, 3.05) is 7.05 Å². The average molecular weight is 426 g/mol. The molecule has 0 aliphatic carbocycles. The van der Waals surface area contributed by atoms with Crippen LogP contribution in [0.2, 0.25) is 0 Å². The monoisotopic (exact) mass is 425 g/mol. The molecule has 5 nitrogen and oxygen atoms in total. The van der Waals surface area contributed by atoms with Crippen LogP contribution < -0.4 is 5.56 Å². The van der Waals surface area contributed by atoms with E-state index in [1.807, 2.05) is 80.6 Å². The fourth-order valence-electron chi connectivity index (χ4n) is 3.88. The number of hydrogen-bond acceptors (Lipinski definition) is 3. The summed E-state index contributed by atoms with van der Waals surface area (Å²) in [6.07, 6.45) is 0.921. The highest BCUT2D eigenvalue weighted by molar-refractivity contribution is 5.94. The Morgan fingerprint density at radius 2 is 1.75 bits per heavy atom. The Balaban J connectivity index is 1.83. The van der Waals surface area contributed by atoms with Gasteiger partial charge in [-0.15, -0.1) is 0 Å². The van der Waals surface area contributed by atoms with Gasteiger partial charge < -0.3 is 4.90 Å². The molecule has 0 spiro atoms. The molecular weight excluding hydrogens is 398 g/mol. The average Bonchev–Trinajstić information content (AvgIpc) is 2.82. The van der Waals surface area contributed by atoms with E-state index in [9.17, 15) is 9.59 Å². The predicted molar refractivity (Wildman–Crippen MR) is 128 cm³/mol. The number of aromatic nitrogens is 2. The Kier molecular flexibility index (Phi) is 5.91. The van der Waals surface area contributed by atoms with Gasteiger partial charge in [-0.25, -0.2) is 4.98 Å². The van der Waals surface area contributed by atoms with Gasteiger partial charge in [0.25, 0.3) is 11.5 Å². The lowest BCUT2D eigenvalue weighted by molar-refractivity contribution is 0.0735. The first-order valence-electron chi connectivity index (χ1n) is 10.9. The highest BCUT2D eigenvalue weighted by Gasteiger charge is 2.25. The van der Waals surface area contributed by atoms with Crippen LogP contribution in [-0.4, -0.2) is 27.4 Å². The van der Waals surface area contributed by atoms with Gasteiger partial charge in [0.2, 0.25) is 0 Å². The molecule has 0 unspecified atom stereocenters. The quantitative estimate of drug-likeness (QED) is 0.448. The molecule has 0 bridgehead atoms. The highest BCUT2D eigenvalue weighted by Crippen LogP contribution is 2.23. The molecule has 162 valence electrons. The first-order chi connectivity index (χ1) is 15.4. The maximum Gasteiger partial charge on any atom is 0.266 e. The molecule has 1 aromatic heterocycles. The van der Waals surface area contributed by atoms with Crippen LogP contribution >= 0.6 is 0 Å². The largest absolute Gasteiger partial charge is 0.332 e. The first kappa shape index (κ1) is 21.5. The van der Waals surface area contributed by atoms with Crippen LogP contribution in [0.15, 0.2) is 77.6 Å². The van der Waals surface area contributed by atoms with Crippen molar-refractivity contribution in [3.05, 3.63) is 106 Å². The van der Waals surface area contributed by atoms with E-state index in [0.29, 0.717) is 22.3 Å². The SMILES string of the molecule is CCc1ccc(C(=O)N(C)[C@H](C)c2nc3ccccc3c(=O)n2-c2cccc(C)c2)cc1. The van der Waals surface area contributed by atoms with Crippen molar-refractivity contribution in [2.45, 2.75) is 33.2 Å². The van der Waals surface area contributed by atoms with Gasteiger partial charge in [-0.1, -0.05) is 43.3 Å². The summed E-state index contributed by atoms with van der Waals surface area (Å²) in [5, 5.41) is 0.550. The molecule has 32 heavy (non-hydrogen) atoms. The third-order valence-corrected chi connectivity index (χ3v) is 5.95. The second kappa shape index (κ2) is 8.79. The topological polar surface area (TPSA) is 55.2 Å². The zero-order chi connectivity index (χ0) is 22.8. The second-order valence-electron chi connectivity index (χ2n) is 8.11. The molecule has 0 aliphatic heterocycles. The van der Waals surface area contributed by atoms with Crippen LogP contribution in [-0.2, 0) is 6.42 Å². The second-order valence-corrected chi connectivity index (χ2v) is 8.11. The van der Waals surface area contributed by atoms with E-state index in [2.05, 4.69) is 6.92 Å². The summed E-state index contributed by atoms with van der Waals surface area (Å²) >= 11 is 0. The number of carbonyl (C=O) groups excluding carboxylic acids is 1. The molecule has 0 radical (unpaired) electrons. The van der Waals surface area contributed by atoms with Crippen molar-refractivity contribution in [3.8, 4) is 5.69 Å². The summed E-state index contributed by atoms with van der Waals surface area (Å²) in [4.78, 5) is 33.2. The fraction of sp³-hybridized carbons (Fsp3) is 0.222. The number of carbonyl (C=O) groups is 1. The van der Waals surface area contributed by atoms with E-state index in [4.69, 9.17) is 4.98 Å². The Morgan fingerprint density at radius 3 is 2.44 bits per heavy atom. The molecule has 0 saturated carbocycles. The molecule has 1 heterocycles. The maximum absolute atomic E-state index is 13.5. The van der Waals surface area contributed by atoms with Crippen LogP contribution in [0, 0.1) is 6.92 Å². The normalized spacial score (nSPS) is 12.0. The fourth-order valence-corrected chi connectivity index (χ4v) is 3.88. The van der Waals surface area contributed by atoms with Crippen LogP contribution in [0.25, 0.3) is 16.6 Å². The highest BCUT2D eigenvalue weighted by atomic mass is 16.2. The van der Waals surface area contributed by atoms with E-state index in [-0.39, 0.29) is 11.5 Å². The minimum absolute atomic E-state index is 0.113. The maximum atomic E-state index is 13.5. The summed E-state index contributed by atoms with van der Waals surface area (Å²) < 4.78 is 1.63. The van der Waals surface area contributed by atoms with Gasteiger partial charge in [-0.05, 0) is 67.8 Å². The molecule has 0 fully saturated rings. The number of rotatable bonds is 5.